The van der Waals surface area contributed by atoms with Gasteiger partial charge in [-0.05, 0) is 13.0 Å². The molecule has 0 bridgehead atoms. The Kier molecular flexibility index (Phi) is 3.84. The maximum atomic E-state index is 11.4. The predicted octanol–water partition coefficient (Wildman–Crippen LogP) is 1.80. The van der Waals surface area contributed by atoms with Crippen molar-refractivity contribution in [1.29, 1.82) is 0 Å². The van der Waals surface area contributed by atoms with Gasteiger partial charge in [-0.2, -0.15) is 4.98 Å². The van der Waals surface area contributed by atoms with Gasteiger partial charge in [0.2, 0.25) is 11.7 Å². The summed E-state index contributed by atoms with van der Waals surface area (Å²) in [4.78, 5) is 15.5. The summed E-state index contributed by atoms with van der Waals surface area (Å²) >= 11 is 0. The molecule has 0 unspecified atom stereocenters. The van der Waals surface area contributed by atoms with Crippen molar-refractivity contribution >= 4 is 5.78 Å². The van der Waals surface area contributed by atoms with Crippen LogP contribution in [0.5, 0.6) is 0 Å². The zero-order valence-corrected chi connectivity index (χ0v) is 10.3. The maximum Gasteiger partial charge on any atom is 0.234 e. The molecule has 2 rings (SSSR count). The zero-order chi connectivity index (χ0) is 13.0. The van der Waals surface area contributed by atoms with Crippen LogP contribution in [0.1, 0.15) is 11.5 Å². The minimum atomic E-state index is -0.0862. The van der Waals surface area contributed by atoms with Crippen molar-refractivity contribution in [2.45, 2.75) is 13.3 Å². The molecule has 0 fully saturated rings. The zero-order valence-electron chi connectivity index (χ0n) is 10.3. The third kappa shape index (κ3) is 3.01. The highest BCUT2D eigenvalue weighted by atomic mass is 16.5. The average molecular weight is 246 g/mol. The molecular formula is C13H14N2O3. The first-order valence-corrected chi connectivity index (χ1v) is 5.59. The monoisotopic (exact) mass is 246 g/mol. The molecule has 1 aromatic carbocycles. The van der Waals surface area contributed by atoms with E-state index in [0.29, 0.717) is 11.7 Å². The number of ketones is 1. The largest absolute Gasteiger partial charge is 0.377 e. The van der Waals surface area contributed by atoms with E-state index in [2.05, 4.69) is 10.1 Å². The van der Waals surface area contributed by atoms with Gasteiger partial charge < -0.3 is 9.26 Å². The van der Waals surface area contributed by atoms with Crippen LogP contribution in [0.25, 0.3) is 11.4 Å². The molecule has 0 saturated heterocycles. The number of benzene rings is 1. The van der Waals surface area contributed by atoms with Crippen molar-refractivity contribution < 1.29 is 14.1 Å². The lowest BCUT2D eigenvalue weighted by Crippen LogP contribution is -2.09. The lowest BCUT2D eigenvalue weighted by atomic mass is 10.1. The van der Waals surface area contributed by atoms with Crippen LogP contribution in [0, 0.1) is 6.92 Å². The van der Waals surface area contributed by atoms with Crippen molar-refractivity contribution in [3.05, 3.63) is 35.7 Å². The minimum Gasteiger partial charge on any atom is -0.377 e. The van der Waals surface area contributed by atoms with Gasteiger partial charge in [-0.15, -0.1) is 0 Å². The Morgan fingerprint density at radius 2 is 2.28 bits per heavy atom. The van der Waals surface area contributed by atoms with E-state index in [1.807, 2.05) is 31.2 Å². The van der Waals surface area contributed by atoms with E-state index >= 15 is 0 Å². The van der Waals surface area contributed by atoms with Gasteiger partial charge in [0.15, 0.2) is 5.78 Å². The fourth-order valence-electron chi connectivity index (χ4n) is 1.61. The van der Waals surface area contributed by atoms with Crippen LogP contribution in [0.15, 0.2) is 28.8 Å². The number of nitrogens with zero attached hydrogens (tertiary/aromatic N) is 2. The topological polar surface area (TPSA) is 65.2 Å². The van der Waals surface area contributed by atoms with Crippen LogP contribution < -0.4 is 0 Å². The number of carbonyl (C=O) groups is 1. The molecule has 18 heavy (non-hydrogen) atoms. The Bertz CT molecular complexity index is 549. The van der Waals surface area contributed by atoms with Crippen LogP contribution in [0.3, 0.4) is 0 Å². The number of carbonyl (C=O) groups excluding carboxylic acids is 1. The minimum absolute atomic E-state index is 0.0577. The Labute approximate surface area is 105 Å². The highest BCUT2D eigenvalue weighted by molar-refractivity contribution is 5.81. The summed E-state index contributed by atoms with van der Waals surface area (Å²) in [6, 6.07) is 7.79. The molecule has 94 valence electrons. The number of methoxy groups -OCH3 is 1. The van der Waals surface area contributed by atoms with Gasteiger partial charge >= 0.3 is 0 Å². The number of aryl methyl sites for hydroxylation is 1. The first kappa shape index (κ1) is 12.4. The first-order valence-electron chi connectivity index (χ1n) is 5.59. The van der Waals surface area contributed by atoms with E-state index in [1.54, 1.807) is 0 Å². The maximum absolute atomic E-state index is 11.4. The van der Waals surface area contributed by atoms with Crippen LogP contribution in [0.4, 0.5) is 0 Å². The molecule has 5 heteroatoms. The summed E-state index contributed by atoms with van der Waals surface area (Å²) in [5, 5.41) is 3.86. The number of ether oxygens (including phenoxy) is 1. The fraction of sp³-hybridized carbons (Fsp3) is 0.308. The number of rotatable bonds is 5. The second-order valence-electron chi connectivity index (χ2n) is 4.03. The molecule has 5 nitrogen and oxygen atoms in total. The molecule has 0 N–H and O–H groups in total. The number of aromatic nitrogens is 2. The second-order valence-corrected chi connectivity index (χ2v) is 4.03. The van der Waals surface area contributed by atoms with E-state index in [1.165, 1.54) is 7.11 Å². The molecular weight excluding hydrogens is 232 g/mol. The molecule has 0 atom stereocenters. The summed E-state index contributed by atoms with van der Waals surface area (Å²) in [7, 11) is 1.48. The Morgan fingerprint density at radius 3 is 3.00 bits per heavy atom. The van der Waals surface area contributed by atoms with Crippen LogP contribution in [-0.4, -0.2) is 29.6 Å². The van der Waals surface area contributed by atoms with Crippen molar-refractivity contribution in [3.8, 4) is 11.4 Å². The molecule has 0 radical (unpaired) electrons. The lowest BCUT2D eigenvalue weighted by Gasteiger charge is -1.95. The molecule has 0 amide bonds. The summed E-state index contributed by atoms with van der Waals surface area (Å²) in [5.41, 5.74) is 2.00. The smallest absolute Gasteiger partial charge is 0.234 e. The summed E-state index contributed by atoms with van der Waals surface area (Å²) in [6.45, 7) is 2.05. The molecule has 1 aromatic heterocycles. The van der Waals surface area contributed by atoms with Gasteiger partial charge in [-0.25, -0.2) is 0 Å². The quantitative estimate of drug-likeness (QED) is 0.804. The van der Waals surface area contributed by atoms with Gasteiger partial charge in [0, 0.05) is 12.7 Å². The lowest BCUT2D eigenvalue weighted by molar-refractivity contribution is -0.122. The van der Waals surface area contributed by atoms with Crippen LogP contribution in [0.2, 0.25) is 0 Å². The molecule has 1 heterocycles. The summed E-state index contributed by atoms with van der Waals surface area (Å²) < 4.78 is 9.78. The van der Waals surface area contributed by atoms with E-state index in [4.69, 9.17) is 9.26 Å². The van der Waals surface area contributed by atoms with Gasteiger partial charge in [0.25, 0.3) is 0 Å². The highest BCUT2D eigenvalue weighted by Crippen LogP contribution is 2.17. The third-order valence-electron chi connectivity index (χ3n) is 2.40. The standard InChI is InChI=1S/C13H14N2O3/c1-9-4-3-5-10(6-9)13-14-12(18-15-13)7-11(16)8-17-2/h3-6H,7-8H2,1-2H3. The van der Waals surface area contributed by atoms with Gasteiger partial charge in [-0.3, -0.25) is 4.79 Å². The first-order chi connectivity index (χ1) is 8.69. The van der Waals surface area contributed by atoms with Crippen molar-refractivity contribution in [1.82, 2.24) is 10.1 Å². The number of hydrogen-bond donors (Lipinski definition) is 0. The van der Waals surface area contributed by atoms with Gasteiger partial charge in [0.1, 0.15) is 6.61 Å². The normalized spacial score (nSPS) is 10.6. The van der Waals surface area contributed by atoms with E-state index < -0.39 is 0 Å². The van der Waals surface area contributed by atoms with E-state index in [9.17, 15) is 4.79 Å². The Morgan fingerprint density at radius 1 is 1.44 bits per heavy atom. The molecule has 2 aromatic rings. The molecule has 0 aliphatic heterocycles. The van der Waals surface area contributed by atoms with Crippen LogP contribution >= 0.6 is 0 Å². The average Bonchev–Trinajstić information content (AvgIpc) is 2.78. The number of hydrogen-bond acceptors (Lipinski definition) is 5. The van der Waals surface area contributed by atoms with Gasteiger partial charge in [0.05, 0.1) is 6.42 Å². The van der Waals surface area contributed by atoms with E-state index in [-0.39, 0.29) is 18.8 Å². The Balaban J connectivity index is 2.13. The van der Waals surface area contributed by atoms with Crippen molar-refractivity contribution in [3.63, 3.8) is 0 Å². The van der Waals surface area contributed by atoms with E-state index in [0.717, 1.165) is 11.1 Å². The van der Waals surface area contributed by atoms with Gasteiger partial charge in [-0.1, -0.05) is 28.9 Å². The van der Waals surface area contributed by atoms with Crippen LogP contribution in [-0.2, 0) is 16.0 Å². The molecule has 0 saturated carbocycles. The fourth-order valence-corrected chi connectivity index (χ4v) is 1.61. The molecule has 0 spiro atoms. The Hall–Kier alpha value is -2.01. The van der Waals surface area contributed by atoms with Crippen molar-refractivity contribution in [2.24, 2.45) is 0 Å². The molecule has 0 aliphatic carbocycles. The summed E-state index contributed by atoms with van der Waals surface area (Å²) in [5.74, 6) is 0.726. The highest BCUT2D eigenvalue weighted by Gasteiger charge is 2.12. The predicted molar refractivity (Wildman–Crippen MR) is 65.1 cm³/mol. The third-order valence-corrected chi connectivity index (χ3v) is 2.40. The molecule has 0 aliphatic rings. The number of Topliss-reactive ketones (excluding diaryl/α,β-unsaturated/α-hetero) is 1. The second kappa shape index (κ2) is 5.55. The van der Waals surface area contributed by atoms with Crippen molar-refractivity contribution in [2.75, 3.05) is 13.7 Å². The SMILES string of the molecule is COCC(=O)Cc1nc(-c2cccc(C)c2)no1. The summed E-state index contributed by atoms with van der Waals surface area (Å²) in [6.07, 6.45) is 0.104.